The number of rotatable bonds is 0. The summed E-state index contributed by atoms with van der Waals surface area (Å²) in [6.07, 6.45) is -1.79. The van der Waals surface area contributed by atoms with Crippen LogP contribution in [-0.4, -0.2) is 10.2 Å². The Morgan fingerprint density at radius 2 is 1.25 bits per heavy atom. The Morgan fingerprint density at radius 1 is 0.542 bits per heavy atom. The van der Waals surface area contributed by atoms with Gasteiger partial charge in [-0.1, -0.05) is 60.7 Å². The maximum Gasteiger partial charge on any atom is 0.110 e. The Balaban J connectivity index is 1.90. The molecule has 2 atom stereocenters. The summed E-state index contributed by atoms with van der Waals surface area (Å²) in [6.45, 7) is 0. The van der Waals surface area contributed by atoms with Gasteiger partial charge in [-0.25, -0.2) is 0 Å². The molecule has 0 radical (unpaired) electrons. The van der Waals surface area contributed by atoms with Gasteiger partial charge in [0.05, 0.1) is 0 Å². The van der Waals surface area contributed by atoms with Crippen LogP contribution in [-0.2, 0) is 0 Å². The molecule has 0 spiro atoms. The lowest BCUT2D eigenvalue weighted by Crippen LogP contribution is -2.17. The molecule has 0 amide bonds. The second-order valence-corrected chi connectivity index (χ2v) is 6.42. The molecule has 1 aliphatic carbocycles. The van der Waals surface area contributed by atoms with Crippen LogP contribution in [0.2, 0.25) is 0 Å². The minimum atomic E-state index is -0.904. The van der Waals surface area contributed by atoms with E-state index in [0.717, 1.165) is 33.0 Å². The number of hydrogen-bond acceptors (Lipinski definition) is 2. The minimum Gasteiger partial charge on any atom is -0.385 e. The molecule has 1 aliphatic rings. The van der Waals surface area contributed by atoms with Crippen LogP contribution in [0.3, 0.4) is 0 Å². The van der Waals surface area contributed by atoms with Crippen molar-refractivity contribution < 1.29 is 10.2 Å². The molecule has 4 aromatic rings. The summed E-state index contributed by atoms with van der Waals surface area (Å²) in [5.41, 5.74) is 3.59. The first kappa shape index (κ1) is 13.7. The van der Waals surface area contributed by atoms with Gasteiger partial charge in [0.25, 0.3) is 0 Å². The van der Waals surface area contributed by atoms with Crippen LogP contribution in [0.15, 0.2) is 72.8 Å². The Hall–Kier alpha value is -2.68. The number of hydrogen-bond donors (Lipinski definition) is 2. The highest BCUT2D eigenvalue weighted by atomic mass is 16.3. The lowest BCUT2D eigenvalue weighted by atomic mass is 9.80. The van der Waals surface area contributed by atoms with Crippen molar-refractivity contribution in [3.63, 3.8) is 0 Å². The lowest BCUT2D eigenvalue weighted by Gasteiger charge is -2.29. The van der Waals surface area contributed by atoms with Crippen molar-refractivity contribution in [1.82, 2.24) is 0 Å². The maximum absolute atomic E-state index is 10.7. The van der Waals surface area contributed by atoms with Crippen molar-refractivity contribution in [3.8, 4) is 11.1 Å². The summed E-state index contributed by atoms with van der Waals surface area (Å²) in [7, 11) is 0. The largest absolute Gasteiger partial charge is 0.385 e. The summed E-state index contributed by atoms with van der Waals surface area (Å²) in [4.78, 5) is 0. The maximum atomic E-state index is 10.7. The first-order chi connectivity index (χ1) is 11.7. The van der Waals surface area contributed by atoms with E-state index in [0.29, 0.717) is 0 Å². The molecule has 4 aromatic carbocycles. The third-order valence-corrected chi connectivity index (χ3v) is 5.10. The van der Waals surface area contributed by atoms with Crippen LogP contribution in [0.5, 0.6) is 0 Å². The van der Waals surface area contributed by atoms with Gasteiger partial charge in [0.1, 0.15) is 12.2 Å². The van der Waals surface area contributed by atoms with Gasteiger partial charge in [0.2, 0.25) is 0 Å². The number of benzene rings is 4. The third-order valence-electron chi connectivity index (χ3n) is 5.10. The van der Waals surface area contributed by atoms with Gasteiger partial charge in [0.15, 0.2) is 0 Å². The van der Waals surface area contributed by atoms with Crippen molar-refractivity contribution >= 4 is 21.5 Å². The second kappa shape index (κ2) is 4.91. The van der Waals surface area contributed by atoms with Crippen molar-refractivity contribution in [2.24, 2.45) is 0 Å². The molecular formula is C22H16O2. The van der Waals surface area contributed by atoms with E-state index in [1.54, 1.807) is 0 Å². The van der Waals surface area contributed by atoms with Gasteiger partial charge in [0, 0.05) is 0 Å². The molecule has 0 fully saturated rings. The summed E-state index contributed by atoms with van der Waals surface area (Å²) < 4.78 is 0. The third kappa shape index (κ3) is 1.78. The van der Waals surface area contributed by atoms with E-state index in [1.165, 1.54) is 10.8 Å². The van der Waals surface area contributed by atoms with Crippen LogP contribution in [0.4, 0.5) is 0 Å². The Morgan fingerprint density at radius 3 is 2.17 bits per heavy atom. The van der Waals surface area contributed by atoms with Crippen LogP contribution in [0.1, 0.15) is 23.3 Å². The van der Waals surface area contributed by atoms with Crippen LogP contribution in [0.25, 0.3) is 32.7 Å². The number of aliphatic hydroxyl groups is 2. The molecule has 2 heteroatoms. The summed E-state index contributed by atoms with van der Waals surface area (Å²) in [5.74, 6) is 0. The zero-order valence-electron chi connectivity index (χ0n) is 13.0. The highest BCUT2D eigenvalue weighted by Gasteiger charge is 2.31. The molecule has 5 rings (SSSR count). The summed E-state index contributed by atoms with van der Waals surface area (Å²) in [6, 6.07) is 24.4. The Labute approximate surface area is 139 Å². The molecule has 24 heavy (non-hydrogen) atoms. The van der Waals surface area contributed by atoms with Crippen LogP contribution < -0.4 is 0 Å². The molecule has 0 saturated heterocycles. The van der Waals surface area contributed by atoms with Crippen molar-refractivity contribution in [2.75, 3.05) is 0 Å². The van der Waals surface area contributed by atoms with E-state index < -0.39 is 12.2 Å². The van der Waals surface area contributed by atoms with Crippen molar-refractivity contribution in [2.45, 2.75) is 12.2 Å². The van der Waals surface area contributed by atoms with E-state index in [9.17, 15) is 10.2 Å². The molecule has 0 aromatic heterocycles. The normalized spacial score (nSPS) is 19.2. The van der Waals surface area contributed by atoms with E-state index >= 15 is 0 Å². The molecule has 0 bridgehead atoms. The average molecular weight is 312 g/mol. The highest BCUT2D eigenvalue weighted by molar-refractivity contribution is 6.09. The summed E-state index contributed by atoms with van der Waals surface area (Å²) >= 11 is 0. The number of fused-ring (bicyclic) bond motifs is 6. The van der Waals surface area contributed by atoms with Gasteiger partial charge in [-0.3, -0.25) is 0 Å². The first-order valence-electron chi connectivity index (χ1n) is 8.15. The fraction of sp³-hybridized carbons (Fsp3) is 0.0909. The predicted molar refractivity (Wildman–Crippen MR) is 96.8 cm³/mol. The minimum absolute atomic E-state index is 0.789. The van der Waals surface area contributed by atoms with Gasteiger partial charge in [-0.15, -0.1) is 0 Å². The quantitative estimate of drug-likeness (QED) is 0.460. The number of aliphatic hydroxyl groups excluding tert-OH is 2. The van der Waals surface area contributed by atoms with E-state index in [2.05, 4.69) is 30.3 Å². The van der Waals surface area contributed by atoms with E-state index in [-0.39, 0.29) is 0 Å². The molecule has 2 N–H and O–H groups in total. The fourth-order valence-corrected chi connectivity index (χ4v) is 3.89. The average Bonchev–Trinajstić information content (AvgIpc) is 2.65. The zero-order valence-corrected chi connectivity index (χ0v) is 13.0. The van der Waals surface area contributed by atoms with Crippen LogP contribution >= 0.6 is 0 Å². The molecule has 0 heterocycles. The fourth-order valence-electron chi connectivity index (χ4n) is 3.89. The van der Waals surface area contributed by atoms with E-state index in [4.69, 9.17) is 0 Å². The Bertz CT molecular complexity index is 1100. The van der Waals surface area contributed by atoms with Crippen molar-refractivity contribution in [1.29, 1.82) is 0 Å². The molecule has 0 saturated carbocycles. The van der Waals surface area contributed by atoms with Gasteiger partial charge in [-0.05, 0) is 55.9 Å². The molecule has 2 nitrogen and oxygen atoms in total. The van der Waals surface area contributed by atoms with Gasteiger partial charge in [-0.2, -0.15) is 0 Å². The monoisotopic (exact) mass is 312 g/mol. The van der Waals surface area contributed by atoms with Gasteiger partial charge < -0.3 is 10.2 Å². The van der Waals surface area contributed by atoms with E-state index in [1.807, 2.05) is 42.5 Å². The predicted octanol–water partition coefficient (Wildman–Crippen LogP) is 4.74. The smallest absolute Gasteiger partial charge is 0.110 e. The zero-order chi connectivity index (χ0) is 16.3. The molecule has 0 unspecified atom stereocenters. The SMILES string of the molecule is O[C@@H]1c2ccccc2-c2cc3ccc4ccccc4c3cc2[C@@H]1O. The van der Waals surface area contributed by atoms with Gasteiger partial charge >= 0.3 is 0 Å². The highest BCUT2D eigenvalue weighted by Crippen LogP contribution is 2.46. The Kier molecular flexibility index (Phi) is 2.81. The topological polar surface area (TPSA) is 40.5 Å². The lowest BCUT2D eigenvalue weighted by molar-refractivity contribution is 0.0159. The summed E-state index contributed by atoms with van der Waals surface area (Å²) in [5, 5.41) is 25.8. The molecule has 0 aliphatic heterocycles. The van der Waals surface area contributed by atoms with Crippen LogP contribution in [0, 0.1) is 0 Å². The molecular weight excluding hydrogens is 296 g/mol. The standard InChI is InChI=1S/C22H16O2/c23-21-17-8-4-3-7-16(17)19-11-14-10-9-13-5-1-2-6-15(13)18(14)12-20(19)22(21)24/h1-12,21-24H/t21-,22+/m1/s1. The van der Waals surface area contributed by atoms with Crippen molar-refractivity contribution in [3.05, 3.63) is 83.9 Å². The first-order valence-corrected chi connectivity index (χ1v) is 8.15. The second-order valence-electron chi connectivity index (χ2n) is 6.42. The molecule has 116 valence electrons.